The number of nitrogens with one attached hydrogen (secondary N) is 1. The Morgan fingerprint density at radius 1 is 1.19 bits per heavy atom. The Bertz CT molecular complexity index is 980. The van der Waals surface area contributed by atoms with Gasteiger partial charge >= 0.3 is 0 Å². The van der Waals surface area contributed by atoms with Crippen molar-refractivity contribution in [3.8, 4) is 0 Å². The van der Waals surface area contributed by atoms with Crippen LogP contribution >= 0.6 is 23.2 Å². The fraction of sp³-hybridized carbons (Fsp3) is 0.188. The Labute approximate surface area is 165 Å². The highest BCUT2D eigenvalue weighted by Gasteiger charge is 2.29. The first-order chi connectivity index (χ1) is 12.5. The normalized spacial score (nSPS) is 12.3. The molecule has 0 aromatic heterocycles. The molecule has 0 aliphatic rings. The van der Waals surface area contributed by atoms with E-state index in [9.17, 15) is 23.3 Å². The van der Waals surface area contributed by atoms with Crippen molar-refractivity contribution in [2.45, 2.75) is 13.0 Å². The van der Waals surface area contributed by atoms with Crippen molar-refractivity contribution in [1.29, 1.82) is 0 Å². The van der Waals surface area contributed by atoms with E-state index >= 15 is 0 Å². The van der Waals surface area contributed by atoms with Crippen LogP contribution in [0.3, 0.4) is 0 Å². The van der Waals surface area contributed by atoms with Gasteiger partial charge in [0.05, 0.1) is 27.6 Å². The van der Waals surface area contributed by atoms with E-state index < -0.39 is 26.9 Å². The van der Waals surface area contributed by atoms with E-state index in [0.29, 0.717) is 5.02 Å². The average molecular weight is 432 g/mol. The first-order valence-corrected chi connectivity index (χ1v) is 10.1. The van der Waals surface area contributed by atoms with E-state index in [1.807, 2.05) is 0 Å². The molecule has 0 radical (unpaired) electrons. The summed E-state index contributed by atoms with van der Waals surface area (Å²) < 4.78 is 25.4. The van der Waals surface area contributed by atoms with Gasteiger partial charge in [-0.1, -0.05) is 23.2 Å². The Balaban J connectivity index is 2.34. The molecule has 0 aliphatic heterocycles. The van der Waals surface area contributed by atoms with Crippen molar-refractivity contribution in [3.05, 3.63) is 62.6 Å². The van der Waals surface area contributed by atoms with Crippen LogP contribution in [0.2, 0.25) is 10.0 Å². The molecule has 1 amide bonds. The summed E-state index contributed by atoms with van der Waals surface area (Å²) in [5.41, 5.74) is -0.0120. The van der Waals surface area contributed by atoms with Crippen molar-refractivity contribution in [2.75, 3.05) is 15.9 Å². The van der Waals surface area contributed by atoms with E-state index in [1.165, 1.54) is 43.3 Å². The first kappa shape index (κ1) is 20.9. The van der Waals surface area contributed by atoms with Gasteiger partial charge in [-0.05, 0) is 37.3 Å². The minimum Gasteiger partial charge on any atom is -0.323 e. The van der Waals surface area contributed by atoms with Gasteiger partial charge < -0.3 is 5.32 Å². The molecule has 1 atom stereocenters. The molecule has 0 bridgehead atoms. The zero-order valence-corrected chi connectivity index (χ0v) is 16.5. The zero-order valence-electron chi connectivity index (χ0n) is 14.2. The van der Waals surface area contributed by atoms with Crippen LogP contribution in [0.1, 0.15) is 6.92 Å². The largest absolute Gasteiger partial charge is 0.323 e. The number of sulfonamides is 1. The number of non-ortho nitro benzene ring substituents is 1. The molecule has 27 heavy (non-hydrogen) atoms. The molecule has 11 heteroatoms. The predicted octanol–water partition coefficient (Wildman–Crippen LogP) is 3.69. The Morgan fingerprint density at radius 3 is 2.30 bits per heavy atom. The number of nitrogens with zero attached hydrogens (tertiary/aromatic N) is 2. The third kappa shape index (κ3) is 5.09. The van der Waals surface area contributed by atoms with Gasteiger partial charge in [-0.2, -0.15) is 0 Å². The summed E-state index contributed by atoms with van der Waals surface area (Å²) in [5, 5.41) is 13.8. The number of hydrogen-bond acceptors (Lipinski definition) is 5. The monoisotopic (exact) mass is 431 g/mol. The molecular weight excluding hydrogens is 417 g/mol. The highest BCUT2D eigenvalue weighted by Crippen LogP contribution is 2.28. The molecular formula is C16H15Cl2N3O5S. The second kappa shape index (κ2) is 8.12. The average Bonchev–Trinajstić information content (AvgIpc) is 2.57. The Hall–Kier alpha value is -2.36. The molecule has 144 valence electrons. The summed E-state index contributed by atoms with van der Waals surface area (Å²) >= 11 is 11.8. The van der Waals surface area contributed by atoms with Gasteiger partial charge in [0.1, 0.15) is 6.04 Å². The lowest BCUT2D eigenvalue weighted by atomic mass is 10.2. The second-order valence-corrected chi connectivity index (χ2v) is 8.32. The van der Waals surface area contributed by atoms with Crippen molar-refractivity contribution < 1.29 is 18.1 Å². The maximum atomic E-state index is 12.6. The SMILES string of the molecule is CC(C(=O)Nc1cc([N+](=O)[O-])ccc1Cl)N(c1ccc(Cl)cc1)S(C)(=O)=O. The summed E-state index contributed by atoms with van der Waals surface area (Å²) in [5.74, 6) is -0.710. The predicted molar refractivity (Wildman–Crippen MR) is 105 cm³/mol. The fourth-order valence-corrected chi connectivity index (χ4v) is 3.82. The third-order valence-corrected chi connectivity index (χ3v) is 5.41. The maximum Gasteiger partial charge on any atom is 0.271 e. The lowest BCUT2D eigenvalue weighted by molar-refractivity contribution is -0.384. The van der Waals surface area contributed by atoms with E-state index in [2.05, 4.69) is 5.32 Å². The zero-order chi connectivity index (χ0) is 20.4. The molecule has 0 fully saturated rings. The molecule has 0 aliphatic carbocycles. The van der Waals surface area contributed by atoms with Gasteiger partial charge in [-0.25, -0.2) is 8.42 Å². The van der Waals surface area contributed by atoms with Crippen LogP contribution < -0.4 is 9.62 Å². The van der Waals surface area contributed by atoms with Gasteiger partial charge in [0.25, 0.3) is 5.69 Å². The molecule has 0 spiro atoms. The van der Waals surface area contributed by atoms with E-state index in [0.717, 1.165) is 16.6 Å². The van der Waals surface area contributed by atoms with Crippen LogP contribution in [0, 0.1) is 10.1 Å². The molecule has 1 N–H and O–H groups in total. The van der Waals surface area contributed by atoms with E-state index in [-0.39, 0.29) is 22.1 Å². The number of hydrogen-bond donors (Lipinski definition) is 1. The standard InChI is InChI=1S/C16H15Cl2N3O5S/c1-10(20(27(2,25)26)12-5-3-11(17)4-6-12)16(22)19-15-9-13(21(23)24)7-8-14(15)18/h3-10H,1-2H3,(H,19,22). The van der Waals surface area contributed by atoms with Crippen LogP contribution in [0.15, 0.2) is 42.5 Å². The summed E-state index contributed by atoms with van der Waals surface area (Å²) in [6.07, 6.45) is 0.964. The smallest absolute Gasteiger partial charge is 0.271 e. The number of nitro groups is 1. The van der Waals surface area contributed by atoms with E-state index in [4.69, 9.17) is 23.2 Å². The molecule has 0 heterocycles. The Kier molecular flexibility index (Phi) is 6.30. The van der Waals surface area contributed by atoms with Crippen LogP contribution in [-0.2, 0) is 14.8 Å². The van der Waals surface area contributed by atoms with E-state index in [1.54, 1.807) is 0 Å². The molecule has 2 aromatic rings. The number of halogens is 2. The molecule has 0 saturated carbocycles. The van der Waals surface area contributed by atoms with Crippen LogP contribution in [0.25, 0.3) is 0 Å². The number of benzene rings is 2. The quantitative estimate of drug-likeness (QED) is 0.553. The van der Waals surface area contributed by atoms with Crippen molar-refractivity contribution >= 4 is 56.2 Å². The van der Waals surface area contributed by atoms with Gasteiger partial charge in [-0.15, -0.1) is 0 Å². The molecule has 2 rings (SSSR count). The molecule has 0 saturated heterocycles. The third-order valence-electron chi connectivity index (χ3n) is 3.59. The number of carbonyl (C=O) groups excluding carboxylic acids is 1. The van der Waals surface area contributed by atoms with Gasteiger partial charge in [0.15, 0.2) is 0 Å². The van der Waals surface area contributed by atoms with Gasteiger partial charge in [0.2, 0.25) is 15.9 Å². The first-order valence-electron chi connectivity index (χ1n) is 7.50. The molecule has 1 unspecified atom stereocenters. The van der Waals surface area contributed by atoms with Crippen LogP contribution in [0.4, 0.5) is 17.1 Å². The second-order valence-electron chi connectivity index (χ2n) is 5.62. The summed E-state index contributed by atoms with van der Waals surface area (Å²) in [6, 6.07) is 8.33. The summed E-state index contributed by atoms with van der Waals surface area (Å²) in [6.45, 7) is 1.39. The number of anilines is 2. The number of rotatable bonds is 6. The molecule has 2 aromatic carbocycles. The summed E-state index contributed by atoms with van der Waals surface area (Å²) in [4.78, 5) is 22.9. The topological polar surface area (TPSA) is 110 Å². The highest BCUT2D eigenvalue weighted by atomic mass is 35.5. The van der Waals surface area contributed by atoms with Crippen LogP contribution in [0.5, 0.6) is 0 Å². The fourth-order valence-electron chi connectivity index (χ4n) is 2.36. The maximum absolute atomic E-state index is 12.6. The van der Waals surface area contributed by atoms with Gasteiger partial charge in [0, 0.05) is 17.2 Å². The highest BCUT2D eigenvalue weighted by molar-refractivity contribution is 7.92. The Morgan fingerprint density at radius 2 is 1.78 bits per heavy atom. The van der Waals surface area contributed by atoms with Crippen LogP contribution in [-0.4, -0.2) is 31.5 Å². The van der Waals surface area contributed by atoms with Crippen molar-refractivity contribution in [1.82, 2.24) is 0 Å². The number of nitro benzene ring substituents is 1. The van der Waals surface area contributed by atoms with Gasteiger partial charge in [-0.3, -0.25) is 19.2 Å². The van der Waals surface area contributed by atoms with Crippen molar-refractivity contribution in [3.63, 3.8) is 0 Å². The molecule has 8 nitrogen and oxygen atoms in total. The number of amides is 1. The summed E-state index contributed by atoms with van der Waals surface area (Å²) in [7, 11) is -3.81. The minimum atomic E-state index is -3.81. The van der Waals surface area contributed by atoms with Crippen molar-refractivity contribution in [2.24, 2.45) is 0 Å². The number of carbonyl (C=O) groups is 1. The minimum absolute atomic E-state index is 0.00674. The lowest BCUT2D eigenvalue weighted by Gasteiger charge is -2.28. The lowest BCUT2D eigenvalue weighted by Crippen LogP contribution is -2.45.